The molecule has 0 unspecified atom stereocenters. The number of hydrogen-bond acceptors (Lipinski definition) is 4. The number of aromatic hydroxyl groups is 1. The maximum absolute atomic E-state index is 9.51. The number of hydrogen-bond donors (Lipinski definition) is 1. The van der Waals surface area contributed by atoms with E-state index in [1.54, 1.807) is 30.3 Å². The lowest BCUT2D eigenvalue weighted by Crippen LogP contribution is -2.17. The summed E-state index contributed by atoms with van der Waals surface area (Å²) in [6, 6.07) is 14.3. The molecule has 0 aliphatic rings. The summed E-state index contributed by atoms with van der Waals surface area (Å²) in [5.41, 5.74) is 1.23. The summed E-state index contributed by atoms with van der Waals surface area (Å²) in [6.07, 6.45) is 0. The standard InChI is InChI=1S/C14H13N3O/c1-2-17(12-6-4-7-13(18)9-12)14-8-3-5-11(10-15)16-14/h3-9,18H,2H2,1H3. The van der Waals surface area contributed by atoms with Crippen LogP contribution < -0.4 is 4.90 Å². The molecule has 0 bridgehead atoms. The van der Waals surface area contributed by atoms with Gasteiger partial charge in [-0.05, 0) is 31.2 Å². The minimum absolute atomic E-state index is 0.211. The van der Waals surface area contributed by atoms with Crippen LogP contribution in [-0.2, 0) is 0 Å². The van der Waals surface area contributed by atoms with Crippen molar-refractivity contribution in [3.8, 4) is 11.8 Å². The minimum atomic E-state index is 0.211. The molecular weight excluding hydrogens is 226 g/mol. The predicted molar refractivity (Wildman–Crippen MR) is 69.7 cm³/mol. The molecule has 0 radical (unpaired) electrons. The van der Waals surface area contributed by atoms with Crippen molar-refractivity contribution < 1.29 is 5.11 Å². The Labute approximate surface area is 106 Å². The number of pyridine rings is 1. The Balaban J connectivity index is 2.42. The molecule has 0 aliphatic carbocycles. The van der Waals surface area contributed by atoms with E-state index in [-0.39, 0.29) is 5.75 Å². The second-order valence-electron chi connectivity index (χ2n) is 3.76. The third-order valence-electron chi connectivity index (χ3n) is 2.58. The quantitative estimate of drug-likeness (QED) is 0.894. The highest BCUT2D eigenvalue weighted by molar-refractivity contribution is 5.61. The summed E-state index contributed by atoms with van der Waals surface area (Å²) >= 11 is 0. The van der Waals surface area contributed by atoms with Crippen LogP contribution in [0.3, 0.4) is 0 Å². The van der Waals surface area contributed by atoms with Crippen molar-refractivity contribution in [3.63, 3.8) is 0 Å². The van der Waals surface area contributed by atoms with Gasteiger partial charge in [-0.3, -0.25) is 0 Å². The number of phenols is 1. The van der Waals surface area contributed by atoms with Crippen LogP contribution in [0.5, 0.6) is 5.75 Å². The van der Waals surface area contributed by atoms with Crippen LogP contribution in [0.15, 0.2) is 42.5 Å². The lowest BCUT2D eigenvalue weighted by atomic mass is 10.2. The van der Waals surface area contributed by atoms with Gasteiger partial charge in [-0.2, -0.15) is 5.26 Å². The Kier molecular flexibility index (Phi) is 3.44. The van der Waals surface area contributed by atoms with E-state index < -0.39 is 0 Å². The number of benzene rings is 1. The Morgan fingerprint density at radius 2 is 2.06 bits per heavy atom. The molecule has 0 saturated heterocycles. The first kappa shape index (κ1) is 11.9. The molecule has 18 heavy (non-hydrogen) atoms. The summed E-state index contributed by atoms with van der Waals surface area (Å²) in [5.74, 6) is 0.907. The first-order valence-corrected chi connectivity index (χ1v) is 5.68. The molecule has 2 rings (SSSR count). The summed E-state index contributed by atoms with van der Waals surface area (Å²) in [5, 5.41) is 18.4. The average Bonchev–Trinajstić information content (AvgIpc) is 2.40. The lowest BCUT2D eigenvalue weighted by molar-refractivity contribution is 0.475. The number of nitrogens with zero attached hydrogens (tertiary/aromatic N) is 3. The number of nitriles is 1. The molecule has 0 amide bonds. The molecule has 0 spiro atoms. The Morgan fingerprint density at radius 1 is 1.28 bits per heavy atom. The maximum atomic E-state index is 9.51. The van der Waals surface area contributed by atoms with Crippen molar-refractivity contribution >= 4 is 11.5 Å². The summed E-state index contributed by atoms with van der Waals surface area (Å²) < 4.78 is 0. The van der Waals surface area contributed by atoms with Crippen LogP contribution in [0, 0.1) is 11.3 Å². The zero-order valence-corrected chi connectivity index (χ0v) is 10.0. The van der Waals surface area contributed by atoms with E-state index in [2.05, 4.69) is 4.98 Å². The van der Waals surface area contributed by atoms with Crippen LogP contribution in [0.4, 0.5) is 11.5 Å². The van der Waals surface area contributed by atoms with Gasteiger partial charge in [0.2, 0.25) is 0 Å². The van der Waals surface area contributed by atoms with Crippen molar-refractivity contribution in [2.45, 2.75) is 6.92 Å². The second kappa shape index (κ2) is 5.19. The molecule has 1 N–H and O–H groups in total. The molecule has 2 aromatic rings. The molecule has 4 heteroatoms. The van der Waals surface area contributed by atoms with Crippen molar-refractivity contribution in [1.82, 2.24) is 4.98 Å². The fourth-order valence-electron chi connectivity index (χ4n) is 1.77. The maximum Gasteiger partial charge on any atom is 0.142 e. The smallest absolute Gasteiger partial charge is 0.142 e. The van der Waals surface area contributed by atoms with Gasteiger partial charge in [0.15, 0.2) is 0 Å². The normalized spacial score (nSPS) is 9.78. The Bertz CT molecular complexity index is 590. The zero-order chi connectivity index (χ0) is 13.0. The highest BCUT2D eigenvalue weighted by Crippen LogP contribution is 2.26. The van der Waals surface area contributed by atoms with Gasteiger partial charge in [-0.15, -0.1) is 0 Å². The minimum Gasteiger partial charge on any atom is -0.508 e. The van der Waals surface area contributed by atoms with E-state index in [0.29, 0.717) is 18.1 Å². The second-order valence-corrected chi connectivity index (χ2v) is 3.76. The molecule has 1 aromatic carbocycles. The van der Waals surface area contributed by atoms with Crippen molar-refractivity contribution in [1.29, 1.82) is 5.26 Å². The highest BCUT2D eigenvalue weighted by Gasteiger charge is 2.09. The largest absolute Gasteiger partial charge is 0.508 e. The topological polar surface area (TPSA) is 60.1 Å². The first-order valence-electron chi connectivity index (χ1n) is 5.68. The molecule has 0 saturated carbocycles. The van der Waals surface area contributed by atoms with E-state index in [1.807, 2.05) is 30.0 Å². The van der Waals surface area contributed by atoms with Gasteiger partial charge >= 0.3 is 0 Å². The van der Waals surface area contributed by atoms with Crippen LogP contribution >= 0.6 is 0 Å². The number of anilines is 2. The molecule has 0 atom stereocenters. The van der Waals surface area contributed by atoms with Gasteiger partial charge in [0.1, 0.15) is 23.3 Å². The Hall–Kier alpha value is -2.54. The summed E-state index contributed by atoms with van der Waals surface area (Å²) in [6.45, 7) is 2.69. The van der Waals surface area contributed by atoms with Gasteiger partial charge in [-0.1, -0.05) is 12.1 Å². The highest BCUT2D eigenvalue weighted by atomic mass is 16.3. The Morgan fingerprint density at radius 3 is 2.72 bits per heavy atom. The van der Waals surface area contributed by atoms with Crippen molar-refractivity contribution in [2.24, 2.45) is 0 Å². The average molecular weight is 239 g/mol. The van der Waals surface area contributed by atoms with Crippen molar-refractivity contribution in [3.05, 3.63) is 48.2 Å². The summed E-state index contributed by atoms with van der Waals surface area (Å²) in [7, 11) is 0. The molecule has 90 valence electrons. The molecule has 0 fully saturated rings. The van der Waals surface area contributed by atoms with E-state index in [9.17, 15) is 5.11 Å². The van der Waals surface area contributed by atoms with Crippen LogP contribution in [-0.4, -0.2) is 16.6 Å². The van der Waals surface area contributed by atoms with Gasteiger partial charge < -0.3 is 10.0 Å². The summed E-state index contributed by atoms with van der Waals surface area (Å²) in [4.78, 5) is 6.18. The van der Waals surface area contributed by atoms with Crippen LogP contribution in [0.2, 0.25) is 0 Å². The molecule has 4 nitrogen and oxygen atoms in total. The molecule has 1 aromatic heterocycles. The third-order valence-corrected chi connectivity index (χ3v) is 2.58. The van der Waals surface area contributed by atoms with Crippen LogP contribution in [0.25, 0.3) is 0 Å². The molecular formula is C14H13N3O. The van der Waals surface area contributed by atoms with Gasteiger partial charge in [0, 0.05) is 18.3 Å². The number of aromatic nitrogens is 1. The SMILES string of the molecule is CCN(c1cccc(O)c1)c1cccc(C#N)n1. The van der Waals surface area contributed by atoms with Crippen molar-refractivity contribution in [2.75, 3.05) is 11.4 Å². The van der Waals surface area contributed by atoms with E-state index >= 15 is 0 Å². The number of phenolic OH excluding ortho intramolecular Hbond substituents is 1. The van der Waals surface area contributed by atoms with Gasteiger partial charge in [0.25, 0.3) is 0 Å². The van der Waals surface area contributed by atoms with Crippen LogP contribution in [0.1, 0.15) is 12.6 Å². The van der Waals surface area contributed by atoms with Gasteiger partial charge in [-0.25, -0.2) is 4.98 Å². The van der Waals surface area contributed by atoms with Gasteiger partial charge in [0.05, 0.1) is 0 Å². The van der Waals surface area contributed by atoms with E-state index in [1.165, 1.54) is 0 Å². The monoisotopic (exact) mass is 239 g/mol. The fraction of sp³-hybridized carbons (Fsp3) is 0.143. The third kappa shape index (κ3) is 2.41. The number of rotatable bonds is 3. The van der Waals surface area contributed by atoms with E-state index in [0.717, 1.165) is 5.69 Å². The molecule has 1 heterocycles. The lowest BCUT2D eigenvalue weighted by Gasteiger charge is -2.22. The fourth-order valence-corrected chi connectivity index (χ4v) is 1.77. The predicted octanol–water partition coefficient (Wildman–Crippen LogP) is 2.82. The van der Waals surface area contributed by atoms with E-state index in [4.69, 9.17) is 5.26 Å². The molecule has 0 aliphatic heterocycles. The zero-order valence-electron chi connectivity index (χ0n) is 10.0. The first-order chi connectivity index (χ1) is 8.74.